The van der Waals surface area contributed by atoms with E-state index < -0.39 is 0 Å². The van der Waals surface area contributed by atoms with Gasteiger partial charge in [0.25, 0.3) is 0 Å². The zero-order valence-electron chi connectivity index (χ0n) is 12.2. The highest BCUT2D eigenvalue weighted by molar-refractivity contribution is 5.75. The van der Waals surface area contributed by atoms with Crippen molar-refractivity contribution in [3.63, 3.8) is 0 Å². The lowest BCUT2D eigenvalue weighted by Crippen LogP contribution is -2.16. The molecule has 0 amide bonds. The number of hydrogen-bond donors (Lipinski definition) is 0. The molecule has 0 aromatic carbocycles. The van der Waals surface area contributed by atoms with Crippen molar-refractivity contribution in [2.45, 2.75) is 64.7 Å². The van der Waals surface area contributed by atoms with Gasteiger partial charge in [-0.25, -0.2) is 0 Å². The fourth-order valence-electron chi connectivity index (χ4n) is 2.05. The van der Waals surface area contributed by atoms with Crippen LogP contribution in [0.1, 0.15) is 64.7 Å². The molecule has 0 spiro atoms. The van der Waals surface area contributed by atoms with E-state index >= 15 is 0 Å². The van der Waals surface area contributed by atoms with Crippen molar-refractivity contribution >= 4 is 12.3 Å². The average molecular weight is 268 g/mol. The van der Waals surface area contributed by atoms with E-state index in [1.54, 1.807) is 6.08 Å². The van der Waals surface area contributed by atoms with Gasteiger partial charge in [0.15, 0.2) is 6.29 Å². The van der Waals surface area contributed by atoms with Gasteiger partial charge in [-0.05, 0) is 6.42 Å². The molecule has 0 rings (SSSR count). The number of unbranched alkanes of at least 4 members (excludes halogenated alkanes) is 7. The molecule has 19 heavy (non-hydrogen) atoms. The first-order chi connectivity index (χ1) is 9.26. The van der Waals surface area contributed by atoms with Crippen molar-refractivity contribution in [2.24, 2.45) is 5.92 Å². The molecule has 0 aromatic rings. The number of carbonyl (C=O) groups is 2. The minimum Gasteiger partial charge on any atom is -0.458 e. The predicted octanol–water partition coefficient (Wildman–Crippen LogP) is 4.06. The average Bonchev–Trinajstić information content (AvgIpc) is 2.43. The second-order valence-corrected chi connectivity index (χ2v) is 4.90. The number of ether oxygens (including phenoxy) is 1. The molecule has 0 saturated heterocycles. The Hall–Kier alpha value is -1.12. The molecule has 0 saturated carbocycles. The van der Waals surface area contributed by atoms with Crippen LogP contribution in [0.3, 0.4) is 0 Å². The summed E-state index contributed by atoms with van der Waals surface area (Å²) in [6.07, 6.45) is 12.9. The molecule has 3 nitrogen and oxygen atoms in total. The van der Waals surface area contributed by atoms with Crippen LogP contribution in [0.4, 0.5) is 0 Å². The first-order valence-corrected chi connectivity index (χ1v) is 7.49. The Morgan fingerprint density at radius 2 is 1.68 bits per heavy atom. The van der Waals surface area contributed by atoms with Crippen molar-refractivity contribution in [3.8, 4) is 0 Å². The predicted molar refractivity (Wildman–Crippen MR) is 77.9 cm³/mol. The number of carbonyl (C=O) groups excluding carboxylic acids is 2. The Morgan fingerprint density at radius 3 is 2.21 bits per heavy atom. The maximum absolute atomic E-state index is 11.5. The van der Waals surface area contributed by atoms with Gasteiger partial charge in [-0.2, -0.15) is 0 Å². The summed E-state index contributed by atoms with van der Waals surface area (Å²) in [4.78, 5) is 21.6. The molecule has 1 unspecified atom stereocenters. The van der Waals surface area contributed by atoms with Gasteiger partial charge in [-0.1, -0.05) is 64.4 Å². The fraction of sp³-hybridized carbons (Fsp3) is 0.750. The molecule has 0 fully saturated rings. The monoisotopic (exact) mass is 268 g/mol. The van der Waals surface area contributed by atoms with E-state index in [1.807, 2.05) is 0 Å². The highest BCUT2D eigenvalue weighted by Crippen LogP contribution is 2.15. The molecule has 0 aromatic heterocycles. The van der Waals surface area contributed by atoms with Crippen molar-refractivity contribution in [1.29, 1.82) is 0 Å². The Bertz CT molecular complexity index is 248. The summed E-state index contributed by atoms with van der Waals surface area (Å²) >= 11 is 0. The van der Waals surface area contributed by atoms with Gasteiger partial charge in [0, 0.05) is 0 Å². The first-order valence-electron chi connectivity index (χ1n) is 7.49. The van der Waals surface area contributed by atoms with E-state index in [9.17, 15) is 9.59 Å². The maximum Gasteiger partial charge on any atom is 0.313 e. The third kappa shape index (κ3) is 10.5. The summed E-state index contributed by atoms with van der Waals surface area (Å²) in [5.74, 6) is -0.593. The van der Waals surface area contributed by atoms with Gasteiger partial charge in [0.05, 0.1) is 5.92 Å². The number of aldehydes is 1. The summed E-state index contributed by atoms with van der Waals surface area (Å²) in [7, 11) is 0. The van der Waals surface area contributed by atoms with Crippen LogP contribution >= 0.6 is 0 Å². The lowest BCUT2D eigenvalue weighted by Gasteiger charge is -2.10. The zero-order valence-corrected chi connectivity index (χ0v) is 12.2. The smallest absolute Gasteiger partial charge is 0.313 e. The van der Waals surface area contributed by atoms with E-state index in [0.29, 0.717) is 6.29 Å². The molecule has 1 atom stereocenters. The molecule has 0 radical (unpaired) electrons. The second kappa shape index (κ2) is 13.3. The molecule has 0 bridgehead atoms. The molecule has 0 N–H and O–H groups in total. The van der Waals surface area contributed by atoms with Crippen LogP contribution in [-0.2, 0) is 14.3 Å². The standard InChI is InChI=1S/C16H28O3/c1-3-5-6-7-8-9-10-11-12-15(4-2)16(18)19-14-13-17/h4,13,15H,2-3,5-12,14H2,1H3. The minimum absolute atomic E-state index is 0.152. The van der Waals surface area contributed by atoms with Gasteiger partial charge >= 0.3 is 5.97 Å². The largest absolute Gasteiger partial charge is 0.458 e. The number of hydrogen-bond acceptors (Lipinski definition) is 3. The third-order valence-electron chi connectivity index (χ3n) is 3.25. The Kier molecular flexibility index (Phi) is 12.5. The van der Waals surface area contributed by atoms with E-state index in [4.69, 9.17) is 4.74 Å². The highest BCUT2D eigenvalue weighted by Gasteiger charge is 2.15. The molecule has 0 aliphatic rings. The Labute approximate surface area is 117 Å². The van der Waals surface area contributed by atoms with Crippen LogP contribution in [-0.4, -0.2) is 18.9 Å². The van der Waals surface area contributed by atoms with Gasteiger partial charge < -0.3 is 4.74 Å². The SMILES string of the molecule is C=CC(CCCCCCCCCC)C(=O)OCC=O. The van der Waals surface area contributed by atoms with Crippen molar-refractivity contribution in [2.75, 3.05) is 6.61 Å². The van der Waals surface area contributed by atoms with Gasteiger partial charge in [-0.3, -0.25) is 9.59 Å². The highest BCUT2D eigenvalue weighted by atomic mass is 16.5. The summed E-state index contributed by atoms with van der Waals surface area (Å²) in [6, 6.07) is 0. The molecular formula is C16H28O3. The summed E-state index contributed by atoms with van der Waals surface area (Å²) in [5, 5.41) is 0. The Morgan fingerprint density at radius 1 is 1.11 bits per heavy atom. The molecule has 3 heteroatoms. The first kappa shape index (κ1) is 17.9. The van der Waals surface area contributed by atoms with Crippen LogP contribution < -0.4 is 0 Å². The number of rotatable bonds is 13. The molecule has 0 aliphatic carbocycles. The van der Waals surface area contributed by atoms with Gasteiger partial charge in [0.2, 0.25) is 0 Å². The fourth-order valence-corrected chi connectivity index (χ4v) is 2.05. The van der Waals surface area contributed by atoms with Gasteiger partial charge in [0.1, 0.15) is 6.61 Å². The normalized spacial score (nSPS) is 11.8. The molecular weight excluding hydrogens is 240 g/mol. The second-order valence-electron chi connectivity index (χ2n) is 4.90. The van der Waals surface area contributed by atoms with Crippen LogP contribution in [0.25, 0.3) is 0 Å². The molecule has 110 valence electrons. The summed E-state index contributed by atoms with van der Waals surface area (Å²) < 4.78 is 4.79. The third-order valence-corrected chi connectivity index (χ3v) is 3.25. The lowest BCUT2D eigenvalue weighted by atomic mass is 10.00. The molecule has 0 aliphatic heterocycles. The minimum atomic E-state index is -0.329. The van der Waals surface area contributed by atoms with E-state index in [1.165, 1.54) is 38.5 Å². The summed E-state index contributed by atoms with van der Waals surface area (Å²) in [6.45, 7) is 5.72. The molecule has 0 heterocycles. The quantitative estimate of drug-likeness (QED) is 0.219. The number of esters is 1. The van der Waals surface area contributed by atoms with Crippen molar-refractivity contribution < 1.29 is 14.3 Å². The van der Waals surface area contributed by atoms with Crippen LogP contribution in [0, 0.1) is 5.92 Å². The topological polar surface area (TPSA) is 43.4 Å². The summed E-state index contributed by atoms with van der Waals surface area (Å²) in [5.41, 5.74) is 0. The maximum atomic E-state index is 11.5. The zero-order chi connectivity index (χ0) is 14.3. The van der Waals surface area contributed by atoms with Crippen LogP contribution in [0.2, 0.25) is 0 Å². The van der Waals surface area contributed by atoms with Crippen LogP contribution in [0.5, 0.6) is 0 Å². The van der Waals surface area contributed by atoms with E-state index in [0.717, 1.165) is 19.3 Å². The van der Waals surface area contributed by atoms with Gasteiger partial charge in [-0.15, -0.1) is 6.58 Å². The Balaban J connectivity index is 3.53. The van der Waals surface area contributed by atoms with Crippen molar-refractivity contribution in [1.82, 2.24) is 0 Å². The lowest BCUT2D eigenvalue weighted by molar-refractivity contribution is -0.148. The van der Waals surface area contributed by atoms with Crippen molar-refractivity contribution in [3.05, 3.63) is 12.7 Å². The van der Waals surface area contributed by atoms with Crippen LogP contribution in [0.15, 0.2) is 12.7 Å². The van der Waals surface area contributed by atoms with E-state index in [-0.39, 0.29) is 18.5 Å². The van der Waals surface area contributed by atoms with E-state index in [2.05, 4.69) is 13.5 Å².